The lowest BCUT2D eigenvalue weighted by Gasteiger charge is -2.12. The second-order valence-electron chi connectivity index (χ2n) is 3.64. The summed E-state index contributed by atoms with van der Waals surface area (Å²) in [6.45, 7) is 1.39. The Bertz CT molecular complexity index is 561. The third-order valence-corrected chi connectivity index (χ3v) is 3.49. The summed E-state index contributed by atoms with van der Waals surface area (Å²) in [5, 5.41) is 0. The van der Waals surface area contributed by atoms with Crippen LogP contribution in [0.5, 0.6) is 5.75 Å². The van der Waals surface area contributed by atoms with E-state index < -0.39 is 31.6 Å². The van der Waals surface area contributed by atoms with Crippen molar-refractivity contribution in [3.63, 3.8) is 0 Å². The molecule has 1 unspecified atom stereocenters. The third-order valence-electron chi connectivity index (χ3n) is 2.14. The van der Waals surface area contributed by atoms with Gasteiger partial charge in [-0.15, -0.1) is 0 Å². The summed E-state index contributed by atoms with van der Waals surface area (Å²) in [5.41, 5.74) is 5.02. The van der Waals surface area contributed by atoms with E-state index in [1.165, 1.54) is 6.92 Å². The summed E-state index contributed by atoms with van der Waals surface area (Å²) in [6, 6.07) is 2.89. The van der Waals surface area contributed by atoms with E-state index in [4.69, 9.17) is 21.2 Å². The fourth-order valence-corrected chi connectivity index (χ4v) is 2.07. The Morgan fingerprint density at radius 1 is 1.56 bits per heavy atom. The molecule has 0 bridgehead atoms. The van der Waals surface area contributed by atoms with Gasteiger partial charge in [-0.25, -0.2) is 12.8 Å². The van der Waals surface area contributed by atoms with Gasteiger partial charge in [-0.3, -0.25) is 4.79 Å². The molecule has 0 aliphatic heterocycles. The molecule has 0 heterocycles. The number of nitrogens with two attached hydrogens (primary N) is 1. The highest BCUT2D eigenvalue weighted by molar-refractivity contribution is 8.13. The molecular formula is C10H11ClFNO4S. The number of halogens is 2. The van der Waals surface area contributed by atoms with Gasteiger partial charge in [-0.2, -0.15) is 0 Å². The zero-order valence-corrected chi connectivity index (χ0v) is 11.0. The maximum absolute atomic E-state index is 13.0. The molecule has 0 saturated heterocycles. The molecule has 8 heteroatoms. The van der Waals surface area contributed by atoms with Crippen LogP contribution in [0.25, 0.3) is 0 Å². The Labute approximate surface area is 108 Å². The molecule has 1 rings (SSSR count). The van der Waals surface area contributed by atoms with Crippen LogP contribution in [0.4, 0.5) is 4.39 Å². The Morgan fingerprint density at radius 2 is 2.17 bits per heavy atom. The molecule has 0 spiro atoms. The topological polar surface area (TPSA) is 86.5 Å². The van der Waals surface area contributed by atoms with E-state index in [9.17, 15) is 17.6 Å². The lowest BCUT2D eigenvalue weighted by molar-refractivity contribution is -0.122. The van der Waals surface area contributed by atoms with E-state index in [-0.39, 0.29) is 12.4 Å². The van der Waals surface area contributed by atoms with Gasteiger partial charge < -0.3 is 10.5 Å². The minimum atomic E-state index is -4.13. The maximum Gasteiger partial charge on any atom is 0.265 e. The van der Waals surface area contributed by atoms with E-state index in [2.05, 4.69) is 0 Å². The zero-order valence-electron chi connectivity index (χ0n) is 9.39. The summed E-state index contributed by atoms with van der Waals surface area (Å²) in [5.74, 6) is -2.09. The second kappa shape index (κ2) is 5.53. The molecule has 100 valence electrons. The van der Waals surface area contributed by atoms with Crippen LogP contribution in [-0.2, 0) is 13.8 Å². The van der Waals surface area contributed by atoms with Crippen LogP contribution in [0.1, 0.15) is 6.92 Å². The number of primary amides is 1. The van der Waals surface area contributed by atoms with Gasteiger partial charge in [0.2, 0.25) is 5.91 Å². The minimum absolute atomic E-state index is 0.125. The molecule has 0 radical (unpaired) electrons. The largest absolute Gasteiger partial charge is 0.491 e. The van der Waals surface area contributed by atoms with Crippen LogP contribution in [-0.4, -0.2) is 20.9 Å². The Morgan fingerprint density at radius 3 is 2.67 bits per heavy atom. The average Bonchev–Trinajstić information content (AvgIpc) is 2.25. The van der Waals surface area contributed by atoms with E-state index in [0.29, 0.717) is 0 Å². The van der Waals surface area contributed by atoms with Crippen molar-refractivity contribution < 1.29 is 22.3 Å². The Hall–Kier alpha value is -1.34. The standard InChI is InChI=1S/C10H11ClFNO4S/c1-6(10(13)14)5-17-8-3-2-7(12)4-9(8)18(11,15)16/h2-4,6H,5H2,1H3,(H2,13,14). The smallest absolute Gasteiger partial charge is 0.265 e. The number of carbonyl (C=O) groups is 1. The normalized spacial score (nSPS) is 13.1. The highest BCUT2D eigenvalue weighted by Crippen LogP contribution is 2.28. The number of benzene rings is 1. The minimum Gasteiger partial charge on any atom is -0.491 e. The number of hydrogen-bond acceptors (Lipinski definition) is 4. The second-order valence-corrected chi connectivity index (χ2v) is 6.18. The molecular weight excluding hydrogens is 285 g/mol. The van der Waals surface area contributed by atoms with Gasteiger partial charge in [-0.1, -0.05) is 6.92 Å². The van der Waals surface area contributed by atoms with Crippen molar-refractivity contribution in [2.45, 2.75) is 11.8 Å². The van der Waals surface area contributed by atoms with E-state index in [1.54, 1.807) is 0 Å². The highest BCUT2D eigenvalue weighted by atomic mass is 35.7. The first-order valence-corrected chi connectivity index (χ1v) is 7.19. The zero-order chi connectivity index (χ0) is 13.9. The predicted molar refractivity (Wildman–Crippen MR) is 63.3 cm³/mol. The molecule has 18 heavy (non-hydrogen) atoms. The first kappa shape index (κ1) is 14.7. The number of ether oxygens (including phenoxy) is 1. The number of hydrogen-bond donors (Lipinski definition) is 1. The van der Waals surface area contributed by atoms with Crippen LogP contribution in [0.2, 0.25) is 0 Å². The first-order chi connectivity index (χ1) is 8.21. The van der Waals surface area contributed by atoms with Crippen LogP contribution in [0.3, 0.4) is 0 Å². The van der Waals surface area contributed by atoms with E-state index in [0.717, 1.165) is 18.2 Å². The summed E-state index contributed by atoms with van der Waals surface area (Å²) < 4.78 is 40.5. The van der Waals surface area contributed by atoms with E-state index in [1.807, 2.05) is 0 Å². The molecule has 0 aromatic heterocycles. The van der Waals surface area contributed by atoms with Crippen molar-refractivity contribution in [2.75, 3.05) is 6.61 Å². The molecule has 1 amide bonds. The van der Waals surface area contributed by atoms with Crippen LogP contribution in [0, 0.1) is 11.7 Å². The van der Waals surface area contributed by atoms with Gasteiger partial charge >= 0.3 is 0 Å². The van der Waals surface area contributed by atoms with Gasteiger partial charge in [0.1, 0.15) is 16.5 Å². The summed E-state index contributed by atoms with van der Waals surface area (Å²) in [7, 11) is 1.01. The quantitative estimate of drug-likeness (QED) is 0.828. The summed E-state index contributed by atoms with van der Waals surface area (Å²) in [6.07, 6.45) is 0. The molecule has 2 N–H and O–H groups in total. The van der Waals surface area contributed by atoms with Crippen molar-refractivity contribution in [1.82, 2.24) is 0 Å². The van der Waals surface area contributed by atoms with Crippen molar-refractivity contribution in [1.29, 1.82) is 0 Å². The Kier molecular flexibility index (Phi) is 4.53. The highest BCUT2D eigenvalue weighted by Gasteiger charge is 2.19. The van der Waals surface area contributed by atoms with Gasteiger partial charge in [0.15, 0.2) is 0 Å². The van der Waals surface area contributed by atoms with Gasteiger partial charge in [0.05, 0.1) is 12.5 Å². The number of rotatable bonds is 5. The molecule has 1 aromatic rings. The molecule has 1 atom stereocenters. The lowest BCUT2D eigenvalue weighted by Crippen LogP contribution is -2.26. The average molecular weight is 296 g/mol. The Balaban J connectivity index is 3.00. The SMILES string of the molecule is CC(COc1ccc(F)cc1S(=O)(=O)Cl)C(N)=O. The molecule has 0 aliphatic rings. The predicted octanol–water partition coefficient (Wildman–Crippen LogP) is 1.25. The van der Waals surface area contributed by atoms with Gasteiger partial charge in [-0.05, 0) is 18.2 Å². The van der Waals surface area contributed by atoms with Crippen molar-refractivity contribution in [2.24, 2.45) is 11.7 Å². The monoisotopic (exact) mass is 295 g/mol. The molecule has 0 fully saturated rings. The van der Waals surface area contributed by atoms with Crippen molar-refractivity contribution in [3.05, 3.63) is 24.0 Å². The fourth-order valence-electron chi connectivity index (χ4n) is 1.09. The van der Waals surface area contributed by atoms with Crippen molar-refractivity contribution >= 4 is 25.6 Å². The third kappa shape index (κ3) is 3.85. The fraction of sp³-hybridized carbons (Fsp3) is 0.300. The van der Waals surface area contributed by atoms with E-state index >= 15 is 0 Å². The lowest BCUT2D eigenvalue weighted by atomic mass is 10.2. The molecule has 0 saturated carbocycles. The van der Waals surface area contributed by atoms with Gasteiger partial charge in [0, 0.05) is 10.7 Å². The van der Waals surface area contributed by atoms with Crippen molar-refractivity contribution in [3.8, 4) is 5.75 Å². The number of amides is 1. The number of carbonyl (C=O) groups excluding carboxylic acids is 1. The molecule has 5 nitrogen and oxygen atoms in total. The molecule has 0 aliphatic carbocycles. The van der Waals surface area contributed by atoms with Crippen LogP contribution in [0.15, 0.2) is 23.1 Å². The first-order valence-electron chi connectivity index (χ1n) is 4.88. The summed E-state index contributed by atoms with van der Waals surface area (Å²) in [4.78, 5) is 10.3. The summed E-state index contributed by atoms with van der Waals surface area (Å²) >= 11 is 0. The van der Waals surface area contributed by atoms with Gasteiger partial charge in [0.25, 0.3) is 9.05 Å². The van der Waals surface area contributed by atoms with Crippen LogP contribution >= 0.6 is 10.7 Å². The van der Waals surface area contributed by atoms with Crippen LogP contribution < -0.4 is 10.5 Å². The maximum atomic E-state index is 13.0. The molecule has 1 aromatic carbocycles.